The second-order valence-electron chi connectivity index (χ2n) is 8.17. The van der Waals surface area contributed by atoms with Crippen LogP contribution in [0.5, 0.6) is 0 Å². The molecule has 3 atom stereocenters. The lowest BCUT2D eigenvalue weighted by atomic mass is 9.56. The molecule has 3 unspecified atom stereocenters. The first-order valence-electron chi connectivity index (χ1n) is 9.22. The van der Waals surface area contributed by atoms with Crippen LogP contribution in [0.3, 0.4) is 0 Å². The highest BCUT2D eigenvalue weighted by Gasteiger charge is 2.58. The van der Waals surface area contributed by atoms with Gasteiger partial charge < -0.3 is 20.3 Å². The Bertz CT molecular complexity index is 453. The molecule has 0 spiro atoms. The Morgan fingerprint density at radius 3 is 2.54 bits per heavy atom. The van der Waals surface area contributed by atoms with E-state index in [-0.39, 0.29) is 11.0 Å². The molecular weight excluding hydrogens is 302 g/mol. The van der Waals surface area contributed by atoms with Gasteiger partial charge in [-0.3, -0.25) is 9.89 Å². The molecule has 1 aliphatic heterocycles. The van der Waals surface area contributed by atoms with Crippen molar-refractivity contribution >= 4 is 5.96 Å². The average molecular weight is 340 g/mol. The van der Waals surface area contributed by atoms with Crippen molar-refractivity contribution in [2.24, 2.45) is 10.4 Å². The highest BCUT2D eigenvalue weighted by Crippen LogP contribution is 2.51. The van der Waals surface area contributed by atoms with E-state index in [1.54, 1.807) is 0 Å². The first kappa shape index (κ1) is 19.5. The summed E-state index contributed by atoms with van der Waals surface area (Å²) in [6.45, 7) is 13.9. The SMILES string of the molecule is CCNC(=NCC1CN(C)CCN1C)NC1CC(C)(OC)C1(C)C. The minimum atomic E-state index is -0.0612. The van der Waals surface area contributed by atoms with E-state index >= 15 is 0 Å². The molecular formula is C18H37N5O. The van der Waals surface area contributed by atoms with Crippen molar-refractivity contribution in [2.45, 2.75) is 51.8 Å². The molecule has 2 N–H and O–H groups in total. The predicted octanol–water partition coefficient (Wildman–Crippen LogP) is 0.991. The summed E-state index contributed by atoms with van der Waals surface area (Å²) >= 11 is 0. The molecule has 0 radical (unpaired) electrons. The summed E-state index contributed by atoms with van der Waals surface area (Å²) in [5.74, 6) is 0.926. The molecule has 1 aliphatic carbocycles. The molecule has 0 aromatic heterocycles. The summed E-state index contributed by atoms with van der Waals surface area (Å²) in [7, 11) is 6.20. The molecule has 0 aromatic carbocycles. The van der Waals surface area contributed by atoms with Gasteiger partial charge in [-0.2, -0.15) is 0 Å². The van der Waals surface area contributed by atoms with Gasteiger partial charge >= 0.3 is 0 Å². The van der Waals surface area contributed by atoms with Gasteiger partial charge in [0.2, 0.25) is 0 Å². The molecule has 0 bridgehead atoms. The molecule has 2 aliphatic rings. The fraction of sp³-hybridized carbons (Fsp3) is 0.944. The molecule has 6 nitrogen and oxygen atoms in total. The second kappa shape index (κ2) is 7.58. The van der Waals surface area contributed by atoms with Crippen LogP contribution in [-0.4, -0.2) is 87.4 Å². The molecule has 1 heterocycles. The van der Waals surface area contributed by atoms with Crippen molar-refractivity contribution in [1.82, 2.24) is 20.4 Å². The van der Waals surface area contributed by atoms with Crippen LogP contribution in [0.1, 0.15) is 34.1 Å². The second-order valence-corrected chi connectivity index (χ2v) is 8.17. The van der Waals surface area contributed by atoms with Gasteiger partial charge in [0, 0.05) is 50.8 Å². The van der Waals surface area contributed by atoms with Crippen LogP contribution in [0.4, 0.5) is 0 Å². The zero-order chi connectivity index (χ0) is 18.0. The van der Waals surface area contributed by atoms with Gasteiger partial charge in [-0.25, -0.2) is 0 Å². The normalized spacial score (nSPS) is 34.7. The number of nitrogens with one attached hydrogen (secondary N) is 2. The fourth-order valence-corrected chi connectivity index (χ4v) is 3.70. The molecule has 24 heavy (non-hydrogen) atoms. The van der Waals surface area contributed by atoms with Crippen molar-refractivity contribution in [3.05, 3.63) is 0 Å². The van der Waals surface area contributed by atoms with E-state index in [2.05, 4.69) is 62.2 Å². The third-order valence-corrected chi connectivity index (χ3v) is 6.37. The molecule has 140 valence electrons. The summed E-state index contributed by atoms with van der Waals surface area (Å²) in [5.41, 5.74) is 0.0219. The number of guanidine groups is 1. The Hall–Kier alpha value is -0.850. The molecule has 2 fully saturated rings. The summed E-state index contributed by atoms with van der Waals surface area (Å²) in [4.78, 5) is 9.68. The van der Waals surface area contributed by atoms with Gasteiger partial charge in [0.05, 0.1) is 12.1 Å². The Morgan fingerprint density at radius 1 is 1.25 bits per heavy atom. The van der Waals surface area contributed by atoms with Gasteiger partial charge in [0.15, 0.2) is 5.96 Å². The van der Waals surface area contributed by atoms with Crippen molar-refractivity contribution in [3.8, 4) is 0 Å². The lowest BCUT2D eigenvalue weighted by Gasteiger charge is -2.59. The number of likely N-dealkylation sites (N-methyl/N-ethyl adjacent to an activating group) is 2. The molecule has 2 rings (SSSR count). The standard InChI is InChI=1S/C18H37N5O/c1-8-19-16(20-12-14-13-22(5)9-10-23(14)6)21-15-11-18(4,24-7)17(15,2)3/h14-15H,8-13H2,1-7H3,(H2,19,20,21). The zero-order valence-electron chi connectivity index (χ0n) is 16.6. The number of hydrogen-bond acceptors (Lipinski definition) is 4. The first-order chi connectivity index (χ1) is 11.2. The monoisotopic (exact) mass is 339 g/mol. The van der Waals surface area contributed by atoms with Crippen molar-refractivity contribution in [3.63, 3.8) is 0 Å². The average Bonchev–Trinajstić information content (AvgIpc) is 2.54. The lowest BCUT2D eigenvalue weighted by Crippen LogP contribution is -2.69. The maximum Gasteiger partial charge on any atom is 0.191 e. The smallest absolute Gasteiger partial charge is 0.191 e. The number of hydrogen-bond donors (Lipinski definition) is 2. The van der Waals surface area contributed by atoms with Crippen LogP contribution >= 0.6 is 0 Å². The van der Waals surface area contributed by atoms with E-state index in [4.69, 9.17) is 9.73 Å². The number of methoxy groups -OCH3 is 1. The predicted molar refractivity (Wildman–Crippen MR) is 101 cm³/mol. The molecule has 0 aromatic rings. The number of ether oxygens (including phenoxy) is 1. The third-order valence-electron chi connectivity index (χ3n) is 6.37. The Morgan fingerprint density at radius 2 is 1.96 bits per heavy atom. The van der Waals surface area contributed by atoms with Crippen molar-refractivity contribution < 1.29 is 4.74 Å². The first-order valence-corrected chi connectivity index (χ1v) is 9.22. The quantitative estimate of drug-likeness (QED) is 0.578. The van der Waals surface area contributed by atoms with Crippen molar-refractivity contribution in [2.75, 3.05) is 53.9 Å². The number of aliphatic imine (C=N–C) groups is 1. The van der Waals surface area contributed by atoms with Crippen LogP contribution in [0, 0.1) is 5.41 Å². The van der Waals surface area contributed by atoms with Gasteiger partial charge in [-0.1, -0.05) is 13.8 Å². The lowest BCUT2D eigenvalue weighted by molar-refractivity contribution is -0.176. The molecule has 6 heteroatoms. The van der Waals surface area contributed by atoms with E-state index < -0.39 is 0 Å². The van der Waals surface area contributed by atoms with Gasteiger partial charge in [-0.15, -0.1) is 0 Å². The number of rotatable bonds is 5. The zero-order valence-corrected chi connectivity index (χ0v) is 16.6. The third kappa shape index (κ3) is 3.86. The van der Waals surface area contributed by atoms with E-state index in [0.717, 1.165) is 45.1 Å². The van der Waals surface area contributed by atoms with E-state index in [0.29, 0.717) is 12.1 Å². The van der Waals surface area contributed by atoms with Crippen LogP contribution in [0.2, 0.25) is 0 Å². The summed E-state index contributed by atoms with van der Waals surface area (Å²) in [5, 5.41) is 7.02. The number of piperazine rings is 1. The van der Waals surface area contributed by atoms with Crippen molar-refractivity contribution in [1.29, 1.82) is 0 Å². The molecule has 1 saturated carbocycles. The summed E-state index contributed by atoms with van der Waals surface area (Å²) < 4.78 is 5.73. The maximum absolute atomic E-state index is 5.73. The minimum Gasteiger partial charge on any atom is -0.378 e. The maximum atomic E-state index is 5.73. The van der Waals surface area contributed by atoms with Crippen LogP contribution in [0.15, 0.2) is 4.99 Å². The largest absolute Gasteiger partial charge is 0.378 e. The molecule has 1 saturated heterocycles. The van der Waals surface area contributed by atoms with Gasteiger partial charge in [-0.05, 0) is 34.4 Å². The summed E-state index contributed by atoms with van der Waals surface area (Å²) in [6.07, 6.45) is 1.01. The summed E-state index contributed by atoms with van der Waals surface area (Å²) in [6, 6.07) is 0.866. The Balaban J connectivity index is 1.97. The van der Waals surface area contributed by atoms with Gasteiger partial charge in [0.1, 0.15) is 0 Å². The van der Waals surface area contributed by atoms with E-state index in [9.17, 15) is 0 Å². The number of nitrogens with zero attached hydrogens (tertiary/aromatic N) is 3. The van der Waals surface area contributed by atoms with Gasteiger partial charge in [0.25, 0.3) is 0 Å². The minimum absolute atomic E-state index is 0.0612. The van der Waals surface area contributed by atoms with Crippen LogP contribution < -0.4 is 10.6 Å². The van der Waals surface area contributed by atoms with Crippen LogP contribution in [-0.2, 0) is 4.74 Å². The highest BCUT2D eigenvalue weighted by molar-refractivity contribution is 5.80. The topological polar surface area (TPSA) is 52.1 Å². The fourth-order valence-electron chi connectivity index (χ4n) is 3.70. The molecule has 0 amide bonds. The van der Waals surface area contributed by atoms with E-state index in [1.165, 1.54) is 0 Å². The highest BCUT2D eigenvalue weighted by atomic mass is 16.5. The van der Waals surface area contributed by atoms with E-state index in [1.807, 2.05) is 7.11 Å². The van der Waals surface area contributed by atoms with Crippen LogP contribution in [0.25, 0.3) is 0 Å². The Labute approximate surface area is 148 Å². The Kier molecular flexibility index (Phi) is 6.15.